The Labute approximate surface area is 89.5 Å². The van der Waals surface area contributed by atoms with Crippen molar-refractivity contribution >= 4 is 5.69 Å². The van der Waals surface area contributed by atoms with Crippen molar-refractivity contribution in [1.82, 2.24) is 0 Å². The minimum atomic E-state index is -0.531. The Morgan fingerprint density at radius 1 is 1.13 bits per heavy atom. The summed E-state index contributed by atoms with van der Waals surface area (Å²) in [6.45, 7) is 6.11. The molecule has 0 aliphatic rings. The Kier molecular flexibility index (Phi) is 3.32. The maximum Gasteiger partial charge on any atom is 0.149 e. The number of anilines is 1. The van der Waals surface area contributed by atoms with E-state index in [1.165, 1.54) is 19.2 Å². The fourth-order valence-corrected chi connectivity index (χ4v) is 1.58. The summed E-state index contributed by atoms with van der Waals surface area (Å²) < 4.78 is 26.8. The molecular weight excluding hydrogens is 196 g/mol. The van der Waals surface area contributed by atoms with Crippen LogP contribution in [-0.2, 0) is 6.42 Å². The highest BCUT2D eigenvalue weighted by Gasteiger charge is 2.15. The van der Waals surface area contributed by atoms with Gasteiger partial charge >= 0.3 is 0 Å². The van der Waals surface area contributed by atoms with Gasteiger partial charge in [-0.05, 0) is 29.5 Å². The molecule has 84 valence electrons. The van der Waals surface area contributed by atoms with Gasteiger partial charge in [-0.15, -0.1) is 0 Å². The van der Waals surface area contributed by atoms with Crippen molar-refractivity contribution in [3.05, 3.63) is 29.3 Å². The molecule has 0 heterocycles. The summed E-state index contributed by atoms with van der Waals surface area (Å²) in [6, 6.07) is 2.78. The van der Waals surface area contributed by atoms with Gasteiger partial charge < -0.3 is 5.32 Å². The predicted molar refractivity (Wildman–Crippen MR) is 59.1 cm³/mol. The van der Waals surface area contributed by atoms with Crippen LogP contribution < -0.4 is 5.32 Å². The van der Waals surface area contributed by atoms with E-state index in [2.05, 4.69) is 5.32 Å². The van der Waals surface area contributed by atoms with Crippen molar-refractivity contribution in [1.29, 1.82) is 0 Å². The molecule has 0 unspecified atom stereocenters. The first kappa shape index (κ1) is 12.0. The number of benzene rings is 1. The average molecular weight is 213 g/mol. The average Bonchev–Trinajstić information content (AvgIpc) is 1.99. The second-order valence-corrected chi connectivity index (χ2v) is 4.92. The molecule has 0 radical (unpaired) electrons. The molecule has 0 spiro atoms. The van der Waals surface area contributed by atoms with Crippen LogP contribution in [-0.4, -0.2) is 7.05 Å². The zero-order valence-corrected chi connectivity index (χ0v) is 9.62. The SMILES string of the molecule is CNc1c(F)cc(CC(C)(C)C)cc1F. The van der Waals surface area contributed by atoms with Gasteiger partial charge in [0.1, 0.15) is 17.3 Å². The van der Waals surface area contributed by atoms with Gasteiger partial charge in [0.25, 0.3) is 0 Å². The number of hydrogen-bond donors (Lipinski definition) is 1. The molecule has 0 atom stereocenters. The third-order valence-corrected chi connectivity index (χ3v) is 2.09. The quantitative estimate of drug-likeness (QED) is 0.791. The minimum Gasteiger partial charge on any atom is -0.383 e. The third-order valence-electron chi connectivity index (χ3n) is 2.09. The zero-order valence-electron chi connectivity index (χ0n) is 9.62. The Bertz CT molecular complexity index is 330. The predicted octanol–water partition coefficient (Wildman–Crippen LogP) is 3.60. The smallest absolute Gasteiger partial charge is 0.149 e. The molecule has 0 fully saturated rings. The number of nitrogens with one attached hydrogen (secondary N) is 1. The molecule has 15 heavy (non-hydrogen) atoms. The summed E-state index contributed by atoms with van der Waals surface area (Å²) in [5.74, 6) is -1.06. The van der Waals surface area contributed by atoms with Gasteiger partial charge in [-0.2, -0.15) is 0 Å². The summed E-state index contributed by atoms with van der Waals surface area (Å²) in [4.78, 5) is 0. The molecule has 0 saturated heterocycles. The molecular formula is C12H17F2N. The molecule has 0 aromatic heterocycles. The van der Waals surface area contributed by atoms with Gasteiger partial charge in [-0.1, -0.05) is 20.8 Å². The summed E-state index contributed by atoms with van der Waals surface area (Å²) in [7, 11) is 1.50. The van der Waals surface area contributed by atoms with Gasteiger partial charge in [0.05, 0.1) is 0 Å². The first-order valence-electron chi connectivity index (χ1n) is 4.99. The normalized spacial score (nSPS) is 11.6. The van der Waals surface area contributed by atoms with Crippen LogP contribution in [0.1, 0.15) is 26.3 Å². The van der Waals surface area contributed by atoms with Gasteiger partial charge in [0.15, 0.2) is 0 Å². The van der Waals surface area contributed by atoms with Gasteiger partial charge in [0, 0.05) is 7.05 Å². The highest BCUT2D eigenvalue weighted by Crippen LogP contribution is 2.25. The van der Waals surface area contributed by atoms with Crippen molar-refractivity contribution in [2.45, 2.75) is 27.2 Å². The lowest BCUT2D eigenvalue weighted by molar-refractivity contribution is 0.409. The molecule has 3 heteroatoms. The lowest BCUT2D eigenvalue weighted by atomic mass is 9.88. The molecule has 1 aromatic carbocycles. The molecule has 1 N–H and O–H groups in total. The van der Waals surface area contributed by atoms with E-state index in [4.69, 9.17) is 0 Å². The molecule has 0 aliphatic carbocycles. The van der Waals surface area contributed by atoms with Crippen molar-refractivity contribution in [3.63, 3.8) is 0 Å². The fraction of sp³-hybridized carbons (Fsp3) is 0.500. The van der Waals surface area contributed by atoms with Crippen LogP contribution in [0.2, 0.25) is 0 Å². The first-order valence-corrected chi connectivity index (χ1v) is 4.99. The van der Waals surface area contributed by atoms with Crippen LogP contribution in [0.3, 0.4) is 0 Å². The van der Waals surface area contributed by atoms with Crippen LogP contribution in [0, 0.1) is 17.0 Å². The van der Waals surface area contributed by atoms with E-state index in [9.17, 15) is 8.78 Å². The van der Waals surface area contributed by atoms with Crippen molar-refractivity contribution < 1.29 is 8.78 Å². The van der Waals surface area contributed by atoms with E-state index in [1.54, 1.807) is 0 Å². The van der Waals surface area contributed by atoms with Crippen LogP contribution in [0.25, 0.3) is 0 Å². The van der Waals surface area contributed by atoms with E-state index in [-0.39, 0.29) is 11.1 Å². The third kappa shape index (κ3) is 3.18. The maximum atomic E-state index is 13.4. The molecule has 0 amide bonds. The highest BCUT2D eigenvalue weighted by molar-refractivity contribution is 5.47. The number of rotatable bonds is 2. The second kappa shape index (κ2) is 4.17. The Balaban J connectivity index is 3.04. The molecule has 1 rings (SSSR count). The van der Waals surface area contributed by atoms with E-state index in [0.29, 0.717) is 12.0 Å². The van der Waals surface area contributed by atoms with E-state index < -0.39 is 11.6 Å². The molecule has 1 nitrogen and oxygen atoms in total. The Morgan fingerprint density at radius 2 is 1.60 bits per heavy atom. The summed E-state index contributed by atoms with van der Waals surface area (Å²) in [5.41, 5.74) is 0.657. The van der Waals surface area contributed by atoms with E-state index in [1.807, 2.05) is 20.8 Å². The molecule has 1 aromatic rings. The standard InChI is InChI=1S/C12H17F2N/c1-12(2,3)7-8-5-9(13)11(15-4)10(14)6-8/h5-6,15H,7H2,1-4H3. The number of hydrogen-bond acceptors (Lipinski definition) is 1. The monoisotopic (exact) mass is 213 g/mol. The molecule has 0 saturated carbocycles. The van der Waals surface area contributed by atoms with Crippen LogP contribution in [0.5, 0.6) is 0 Å². The first-order chi connectivity index (χ1) is 6.83. The zero-order chi connectivity index (χ0) is 11.6. The highest BCUT2D eigenvalue weighted by atomic mass is 19.1. The van der Waals surface area contributed by atoms with Crippen molar-refractivity contribution in [2.24, 2.45) is 5.41 Å². The van der Waals surface area contributed by atoms with Gasteiger partial charge in [-0.3, -0.25) is 0 Å². The van der Waals surface area contributed by atoms with Crippen LogP contribution in [0.4, 0.5) is 14.5 Å². The summed E-state index contributed by atoms with van der Waals surface area (Å²) in [6.07, 6.45) is 0.658. The second-order valence-electron chi connectivity index (χ2n) is 4.92. The van der Waals surface area contributed by atoms with E-state index >= 15 is 0 Å². The van der Waals surface area contributed by atoms with E-state index in [0.717, 1.165) is 0 Å². The van der Waals surface area contributed by atoms with Gasteiger partial charge in [-0.25, -0.2) is 8.78 Å². The maximum absolute atomic E-state index is 13.4. The summed E-state index contributed by atoms with van der Waals surface area (Å²) in [5, 5.41) is 2.50. The van der Waals surface area contributed by atoms with Crippen molar-refractivity contribution in [2.75, 3.05) is 12.4 Å². The number of halogens is 2. The fourth-order valence-electron chi connectivity index (χ4n) is 1.58. The van der Waals surface area contributed by atoms with Gasteiger partial charge in [0.2, 0.25) is 0 Å². The minimum absolute atomic E-state index is 0.0278. The van der Waals surface area contributed by atoms with Crippen LogP contribution in [0.15, 0.2) is 12.1 Å². The van der Waals surface area contributed by atoms with Crippen molar-refractivity contribution in [3.8, 4) is 0 Å². The Morgan fingerprint density at radius 3 is 1.93 bits per heavy atom. The molecule has 0 bridgehead atoms. The molecule has 0 aliphatic heterocycles. The lowest BCUT2D eigenvalue weighted by Gasteiger charge is -2.18. The lowest BCUT2D eigenvalue weighted by Crippen LogP contribution is -2.10. The van der Waals surface area contributed by atoms with Crippen LogP contribution >= 0.6 is 0 Å². The summed E-state index contributed by atoms with van der Waals surface area (Å²) >= 11 is 0. The largest absolute Gasteiger partial charge is 0.383 e. The topological polar surface area (TPSA) is 12.0 Å². The Hall–Kier alpha value is -1.12.